The Kier molecular flexibility index (Phi) is 3.55. The highest BCUT2D eigenvalue weighted by atomic mass is 16.1. The molecule has 0 aromatic heterocycles. The van der Waals surface area contributed by atoms with E-state index in [1.165, 1.54) is 24.0 Å². The van der Waals surface area contributed by atoms with E-state index in [9.17, 15) is 4.79 Å². The molecule has 16 heavy (non-hydrogen) atoms. The lowest BCUT2D eigenvalue weighted by atomic mass is 10.0. The number of allylic oxidation sites excluding steroid dienone is 1. The van der Waals surface area contributed by atoms with Gasteiger partial charge in [0.25, 0.3) is 0 Å². The molecule has 0 N–H and O–H groups in total. The van der Waals surface area contributed by atoms with Crippen molar-refractivity contribution < 1.29 is 4.79 Å². The van der Waals surface area contributed by atoms with Gasteiger partial charge in [0.05, 0.1) is 0 Å². The van der Waals surface area contributed by atoms with Gasteiger partial charge in [-0.15, -0.1) is 0 Å². The van der Waals surface area contributed by atoms with Crippen LogP contribution in [-0.2, 0) is 11.2 Å². The Morgan fingerprint density at radius 2 is 2.25 bits per heavy atom. The third-order valence-corrected chi connectivity index (χ3v) is 2.92. The molecule has 2 rings (SSSR count). The van der Waals surface area contributed by atoms with Crippen LogP contribution in [0, 0.1) is 11.8 Å². The Balaban J connectivity index is 2.03. The second-order valence-electron chi connectivity index (χ2n) is 4.76. The normalized spacial score (nSPS) is 17.6. The van der Waals surface area contributed by atoms with Crippen LogP contribution in [0.5, 0.6) is 0 Å². The summed E-state index contributed by atoms with van der Waals surface area (Å²) in [5, 5.41) is 0. The van der Waals surface area contributed by atoms with Crippen LogP contribution in [0.4, 0.5) is 0 Å². The first-order valence-electron chi connectivity index (χ1n) is 6.00. The molecule has 1 unspecified atom stereocenters. The first kappa shape index (κ1) is 11.1. The molecule has 1 atom stereocenters. The smallest absolute Gasteiger partial charge is 0.123 e. The SMILES string of the molecule is CC(C=O)Cc1cccc(C=CC2CC2)c1. The van der Waals surface area contributed by atoms with Crippen LogP contribution < -0.4 is 0 Å². The highest BCUT2D eigenvalue weighted by molar-refractivity contribution is 5.55. The lowest BCUT2D eigenvalue weighted by Gasteiger charge is -2.04. The average Bonchev–Trinajstić information content (AvgIpc) is 3.10. The van der Waals surface area contributed by atoms with E-state index in [1.54, 1.807) is 0 Å². The number of aldehydes is 1. The topological polar surface area (TPSA) is 17.1 Å². The summed E-state index contributed by atoms with van der Waals surface area (Å²) in [7, 11) is 0. The van der Waals surface area contributed by atoms with Crippen molar-refractivity contribution in [2.75, 3.05) is 0 Å². The van der Waals surface area contributed by atoms with E-state index in [-0.39, 0.29) is 5.92 Å². The minimum absolute atomic E-state index is 0.114. The summed E-state index contributed by atoms with van der Waals surface area (Å²) in [6, 6.07) is 8.46. The van der Waals surface area contributed by atoms with Gasteiger partial charge in [-0.3, -0.25) is 0 Å². The van der Waals surface area contributed by atoms with Crippen LogP contribution in [0.1, 0.15) is 30.9 Å². The van der Waals surface area contributed by atoms with Gasteiger partial charge in [-0.05, 0) is 36.3 Å². The summed E-state index contributed by atoms with van der Waals surface area (Å²) in [6.07, 6.45) is 9.05. The molecule has 1 saturated carbocycles. The minimum Gasteiger partial charge on any atom is -0.303 e. The highest BCUT2D eigenvalue weighted by Gasteiger charge is 2.16. The zero-order valence-corrected chi connectivity index (χ0v) is 9.73. The number of carbonyl (C=O) groups excluding carboxylic acids is 1. The van der Waals surface area contributed by atoms with Crippen molar-refractivity contribution in [1.29, 1.82) is 0 Å². The van der Waals surface area contributed by atoms with Crippen LogP contribution in [0.15, 0.2) is 30.3 Å². The number of carbonyl (C=O) groups is 1. The fourth-order valence-corrected chi connectivity index (χ4v) is 1.78. The second kappa shape index (κ2) is 5.11. The van der Waals surface area contributed by atoms with Crippen molar-refractivity contribution in [2.24, 2.45) is 11.8 Å². The van der Waals surface area contributed by atoms with Gasteiger partial charge < -0.3 is 4.79 Å². The van der Waals surface area contributed by atoms with Crippen molar-refractivity contribution in [3.63, 3.8) is 0 Å². The van der Waals surface area contributed by atoms with Gasteiger partial charge in [-0.2, -0.15) is 0 Å². The lowest BCUT2D eigenvalue weighted by molar-refractivity contribution is -0.110. The van der Waals surface area contributed by atoms with Crippen LogP contribution in [0.3, 0.4) is 0 Å². The summed E-state index contributed by atoms with van der Waals surface area (Å²) in [4.78, 5) is 10.6. The maximum absolute atomic E-state index is 10.6. The molecule has 0 radical (unpaired) electrons. The van der Waals surface area contributed by atoms with Crippen molar-refractivity contribution >= 4 is 12.4 Å². The number of benzene rings is 1. The molecule has 0 spiro atoms. The zero-order chi connectivity index (χ0) is 11.4. The summed E-state index contributed by atoms with van der Waals surface area (Å²) in [5.41, 5.74) is 2.50. The molecule has 1 aliphatic rings. The molecular weight excluding hydrogens is 196 g/mol. The fourth-order valence-electron chi connectivity index (χ4n) is 1.78. The maximum Gasteiger partial charge on any atom is 0.123 e. The number of hydrogen-bond donors (Lipinski definition) is 0. The molecule has 0 bridgehead atoms. The molecule has 1 fully saturated rings. The predicted octanol–water partition coefficient (Wildman–Crippen LogP) is 3.49. The van der Waals surface area contributed by atoms with E-state index in [4.69, 9.17) is 0 Å². The predicted molar refractivity (Wildman–Crippen MR) is 67.1 cm³/mol. The maximum atomic E-state index is 10.6. The Bertz CT molecular complexity index is 388. The molecule has 0 amide bonds. The van der Waals surface area contributed by atoms with Crippen LogP contribution in [0.2, 0.25) is 0 Å². The van der Waals surface area contributed by atoms with Gasteiger partial charge in [0.15, 0.2) is 0 Å². The van der Waals surface area contributed by atoms with E-state index < -0.39 is 0 Å². The molecule has 1 nitrogen and oxygen atoms in total. The van der Waals surface area contributed by atoms with Crippen molar-refractivity contribution in [2.45, 2.75) is 26.2 Å². The lowest BCUT2D eigenvalue weighted by Crippen LogP contribution is -2.00. The van der Waals surface area contributed by atoms with Crippen molar-refractivity contribution in [1.82, 2.24) is 0 Å². The molecule has 1 aliphatic carbocycles. The van der Waals surface area contributed by atoms with E-state index in [2.05, 4.69) is 36.4 Å². The summed E-state index contributed by atoms with van der Waals surface area (Å²) >= 11 is 0. The monoisotopic (exact) mass is 214 g/mol. The molecule has 0 saturated heterocycles. The van der Waals surface area contributed by atoms with E-state index >= 15 is 0 Å². The van der Waals surface area contributed by atoms with Crippen LogP contribution in [-0.4, -0.2) is 6.29 Å². The second-order valence-corrected chi connectivity index (χ2v) is 4.76. The fraction of sp³-hybridized carbons (Fsp3) is 0.400. The Hall–Kier alpha value is -1.37. The number of hydrogen-bond acceptors (Lipinski definition) is 1. The molecule has 0 aliphatic heterocycles. The molecule has 0 heterocycles. The molecule has 84 valence electrons. The number of rotatable bonds is 5. The van der Waals surface area contributed by atoms with Gasteiger partial charge in [-0.25, -0.2) is 0 Å². The van der Waals surface area contributed by atoms with Crippen LogP contribution in [0.25, 0.3) is 6.08 Å². The van der Waals surface area contributed by atoms with Gasteiger partial charge in [0.1, 0.15) is 6.29 Å². The highest BCUT2D eigenvalue weighted by Crippen LogP contribution is 2.30. The Morgan fingerprint density at radius 1 is 1.44 bits per heavy atom. The first-order valence-corrected chi connectivity index (χ1v) is 6.00. The van der Waals surface area contributed by atoms with Crippen LogP contribution >= 0.6 is 0 Å². The van der Waals surface area contributed by atoms with Crippen molar-refractivity contribution in [3.8, 4) is 0 Å². The van der Waals surface area contributed by atoms with Gasteiger partial charge in [0, 0.05) is 5.92 Å². The van der Waals surface area contributed by atoms with E-state index in [1.807, 2.05) is 6.92 Å². The quantitative estimate of drug-likeness (QED) is 0.686. The van der Waals surface area contributed by atoms with Crippen molar-refractivity contribution in [3.05, 3.63) is 41.5 Å². The summed E-state index contributed by atoms with van der Waals surface area (Å²) in [6.45, 7) is 1.96. The Labute approximate surface area is 97.2 Å². The largest absolute Gasteiger partial charge is 0.303 e. The average molecular weight is 214 g/mol. The molecule has 1 heteroatoms. The zero-order valence-electron chi connectivity index (χ0n) is 9.73. The van der Waals surface area contributed by atoms with Gasteiger partial charge >= 0.3 is 0 Å². The van der Waals surface area contributed by atoms with Gasteiger partial charge in [0.2, 0.25) is 0 Å². The van der Waals surface area contributed by atoms with E-state index in [0.717, 1.165) is 18.6 Å². The third kappa shape index (κ3) is 3.34. The molecule has 1 aromatic carbocycles. The molecular formula is C15H18O. The first-order chi connectivity index (χ1) is 7.78. The van der Waals surface area contributed by atoms with E-state index in [0.29, 0.717) is 0 Å². The standard InChI is InChI=1S/C15H18O/c1-12(11-16)9-15-4-2-3-14(10-15)8-7-13-5-6-13/h2-4,7-8,10-13H,5-6,9H2,1H3. The third-order valence-electron chi connectivity index (χ3n) is 2.92. The summed E-state index contributed by atoms with van der Waals surface area (Å²) in [5.74, 6) is 0.931. The summed E-state index contributed by atoms with van der Waals surface area (Å²) < 4.78 is 0. The van der Waals surface area contributed by atoms with Gasteiger partial charge in [-0.1, -0.05) is 43.3 Å². The molecule has 1 aromatic rings. The minimum atomic E-state index is 0.114. The Morgan fingerprint density at radius 3 is 2.94 bits per heavy atom.